The summed E-state index contributed by atoms with van der Waals surface area (Å²) in [5, 5.41) is 7.97. The van der Waals surface area contributed by atoms with Gasteiger partial charge in [-0.05, 0) is 50.3 Å². The van der Waals surface area contributed by atoms with Gasteiger partial charge < -0.3 is 15.4 Å². The highest BCUT2D eigenvalue weighted by atomic mass is 32.1. The van der Waals surface area contributed by atoms with Crippen LogP contribution in [-0.2, 0) is 9.53 Å². The van der Waals surface area contributed by atoms with Gasteiger partial charge >= 0.3 is 5.97 Å². The fraction of sp³-hybridized carbons (Fsp3) is 0.625. The summed E-state index contributed by atoms with van der Waals surface area (Å²) in [6.07, 6.45) is 3.15. The van der Waals surface area contributed by atoms with Gasteiger partial charge in [-0.1, -0.05) is 6.92 Å². The van der Waals surface area contributed by atoms with Crippen LogP contribution >= 0.6 is 11.3 Å². The predicted octanol–water partition coefficient (Wildman–Crippen LogP) is 1.94. The van der Waals surface area contributed by atoms with Crippen LogP contribution in [0, 0.1) is 0 Å². The summed E-state index contributed by atoms with van der Waals surface area (Å²) in [7, 11) is 1.34. The van der Waals surface area contributed by atoms with E-state index in [1.54, 1.807) is 11.4 Å². The first-order chi connectivity index (χ1) is 11.2. The Kier molecular flexibility index (Phi) is 7.01. The van der Waals surface area contributed by atoms with Crippen molar-refractivity contribution in [2.24, 2.45) is 0 Å². The monoisotopic (exact) mass is 339 g/mol. The van der Waals surface area contributed by atoms with E-state index in [0.29, 0.717) is 23.2 Å². The van der Waals surface area contributed by atoms with Gasteiger partial charge in [0.25, 0.3) is 0 Å². The van der Waals surface area contributed by atoms with Gasteiger partial charge in [-0.15, -0.1) is 11.3 Å². The van der Waals surface area contributed by atoms with E-state index >= 15 is 0 Å². The van der Waals surface area contributed by atoms with E-state index in [1.807, 2.05) is 0 Å². The molecule has 0 bridgehead atoms. The van der Waals surface area contributed by atoms with Gasteiger partial charge in [-0.25, -0.2) is 4.79 Å². The lowest BCUT2D eigenvalue weighted by Crippen LogP contribution is -2.46. The average molecular weight is 339 g/mol. The number of methoxy groups -OCH3 is 1. The molecular formula is C16H25N3O3S. The SMILES string of the molecule is CCCN(CC(=O)Nc1ccsc1C(=O)OC)C1CCNCC1. The fourth-order valence-corrected chi connectivity index (χ4v) is 3.65. The Hall–Kier alpha value is -1.44. The number of anilines is 1. The van der Waals surface area contributed by atoms with Crippen molar-refractivity contribution in [2.75, 3.05) is 38.6 Å². The topological polar surface area (TPSA) is 70.7 Å². The first kappa shape index (κ1) is 17.9. The van der Waals surface area contributed by atoms with Crippen LogP contribution in [0.4, 0.5) is 5.69 Å². The summed E-state index contributed by atoms with van der Waals surface area (Å²) < 4.78 is 4.73. The summed E-state index contributed by atoms with van der Waals surface area (Å²) in [6, 6.07) is 2.19. The van der Waals surface area contributed by atoms with Gasteiger partial charge in [0.2, 0.25) is 5.91 Å². The van der Waals surface area contributed by atoms with E-state index in [2.05, 4.69) is 22.5 Å². The molecule has 1 fully saturated rings. The molecule has 0 atom stereocenters. The molecule has 7 heteroatoms. The van der Waals surface area contributed by atoms with Gasteiger partial charge in [0.15, 0.2) is 0 Å². The smallest absolute Gasteiger partial charge is 0.350 e. The van der Waals surface area contributed by atoms with Crippen molar-refractivity contribution in [1.29, 1.82) is 0 Å². The third kappa shape index (κ3) is 5.02. The number of esters is 1. The first-order valence-corrected chi connectivity index (χ1v) is 8.94. The summed E-state index contributed by atoms with van der Waals surface area (Å²) in [5.41, 5.74) is 0.536. The maximum absolute atomic E-state index is 12.4. The number of nitrogens with zero attached hydrogens (tertiary/aromatic N) is 1. The van der Waals surface area contributed by atoms with Gasteiger partial charge in [0.05, 0.1) is 19.3 Å². The standard InChI is InChI=1S/C16H25N3O3S/c1-3-9-19(12-4-7-17-8-5-12)11-14(20)18-13-6-10-23-15(13)16(21)22-2/h6,10,12,17H,3-5,7-9,11H2,1-2H3,(H,18,20). The lowest BCUT2D eigenvalue weighted by atomic mass is 10.0. The van der Waals surface area contributed by atoms with E-state index in [-0.39, 0.29) is 5.91 Å². The van der Waals surface area contributed by atoms with Crippen LogP contribution in [0.3, 0.4) is 0 Å². The number of ether oxygens (including phenoxy) is 1. The molecule has 0 aromatic carbocycles. The number of carbonyl (C=O) groups excluding carboxylic acids is 2. The minimum Gasteiger partial charge on any atom is -0.465 e. The van der Waals surface area contributed by atoms with Crippen molar-refractivity contribution in [1.82, 2.24) is 10.2 Å². The van der Waals surface area contributed by atoms with Gasteiger partial charge in [-0.2, -0.15) is 0 Å². The molecule has 2 rings (SSSR count). The highest BCUT2D eigenvalue weighted by molar-refractivity contribution is 7.12. The number of amides is 1. The van der Waals surface area contributed by atoms with Crippen LogP contribution in [-0.4, -0.2) is 56.1 Å². The summed E-state index contributed by atoms with van der Waals surface area (Å²) in [5.74, 6) is -0.500. The maximum Gasteiger partial charge on any atom is 0.350 e. The molecule has 1 aromatic rings. The number of hydrogen-bond donors (Lipinski definition) is 2. The second kappa shape index (κ2) is 9.00. The van der Waals surface area contributed by atoms with E-state index in [9.17, 15) is 9.59 Å². The fourth-order valence-electron chi connectivity index (χ4n) is 2.88. The van der Waals surface area contributed by atoms with Gasteiger partial charge in [-0.3, -0.25) is 9.69 Å². The molecule has 23 heavy (non-hydrogen) atoms. The Labute approximate surface area is 141 Å². The first-order valence-electron chi connectivity index (χ1n) is 8.06. The lowest BCUT2D eigenvalue weighted by molar-refractivity contribution is -0.118. The molecule has 0 radical (unpaired) electrons. The molecule has 128 valence electrons. The number of rotatable bonds is 7. The Balaban J connectivity index is 1.96. The lowest BCUT2D eigenvalue weighted by Gasteiger charge is -2.34. The van der Waals surface area contributed by atoms with Crippen LogP contribution in [0.25, 0.3) is 0 Å². The molecule has 1 aromatic heterocycles. The van der Waals surface area contributed by atoms with Crippen LogP contribution in [0.1, 0.15) is 35.9 Å². The van der Waals surface area contributed by atoms with Crippen molar-refractivity contribution in [3.8, 4) is 0 Å². The normalized spacial score (nSPS) is 15.6. The average Bonchev–Trinajstić information content (AvgIpc) is 3.02. The molecule has 2 N–H and O–H groups in total. The predicted molar refractivity (Wildman–Crippen MR) is 92.0 cm³/mol. The minimum atomic E-state index is -0.418. The Morgan fingerprint density at radius 3 is 2.83 bits per heavy atom. The molecule has 6 nitrogen and oxygen atoms in total. The molecule has 0 saturated carbocycles. The summed E-state index contributed by atoms with van der Waals surface area (Å²) in [6.45, 7) is 5.40. The minimum absolute atomic E-state index is 0.0828. The molecule has 1 aliphatic heterocycles. The summed E-state index contributed by atoms with van der Waals surface area (Å²) in [4.78, 5) is 26.7. The quantitative estimate of drug-likeness (QED) is 0.743. The van der Waals surface area contributed by atoms with E-state index < -0.39 is 5.97 Å². The number of hydrogen-bond acceptors (Lipinski definition) is 6. The molecule has 1 saturated heterocycles. The third-order valence-corrected chi connectivity index (χ3v) is 4.89. The molecule has 0 unspecified atom stereocenters. The molecule has 1 aliphatic rings. The van der Waals surface area contributed by atoms with Gasteiger partial charge in [0, 0.05) is 6.04 Å². The zero-order valence-corrected chi connectivity index (χ0v) is 14.6. The number of piperidine rings is 1. The van der Waals surface area contributed by atoms with E-state index in [0.717, 1.165) is 38.9 Å². The van der Waals surface area contributed by atoms with Crippen molar-refractivity contribution < 1.29 is 14.3 Å². The number of carbonyl (C=O) groups is 2. The zero-order chi connectivity index (χ0) is 16.7. The van der Waals surface area contributed by atoms with Crippen LogP contribution in [0.2, 0.25) is 0 Å². The Bertz CT molecular complexity index is 526. The Morgan fingerprint density at radius 2 is 2.17 bits per heavy atom. The molecule has 2 heterocycles. The second-order valence-corrected chi connectivity index (χ2v) is 6.57. The van der Waals surface area contributed by atoms with Crippen molar-refractivity contribution >= 4 is 28.9 Å². The second-order valence-electron chi connectivity index (χ2n) is 5.65. The molecular weight excluding hydrogens is 314 g/mol. The van der Waals surface area contributed by atoms with Crippen molar-refractivity contribution in [3.63, 3.8) is 0 Å². The van der Waals surface area contributed by atoms with Crippen LogP contribution in [0.5, 0.6) is 0 Å². The van der Waals surface area contributed by atoms with Crippen LogP contribution < -0.4 is 10.6 Å². The van der Waals surface area contributed by atoms with E-state index in [1.165, 1.54) is 18.4 Å². The highest BCUT2D eigenvalue weighted by Crippen LogP contribution is 2.23. The number of nitrogens with one attached hydrogen (secondary N) is 2. The highest BCUT2D eigenvalue weighted by Gasteiger charge is 2.23. The van der Waals surface area contributed by atoms with Crippen molar-refractivity contribution in [3.05, 3.63) is 16.3 Å². The van der Waals surface area contributed by atoms with Crippen molar-refractivity contribution in [2.45, 2.75) is 32.2 Å². The van der Waals surface area contributed by atoms with Gasteiger partial charge in [0.1, 0.15) is 4.88 Å². The van der Waals surface area contributed by atoms with Crippen LogP contribution in [0.15, 0.2) is 11.4 Å². The Morgan fingerprint density at radius 1 is 1.43 bits per heavy atom. The molecule has 1 amide bonds. The third-order valence-electron chi connectivity index (χ3n) is 3.99. The summed E-state index contributed by atoms with van der Waals surface area (Å²) >= 11 is 1.27. The largest absolute Gasteiger partial charge is 0.465 e. The number of thiophene rings is 1. The molecule has 0 aliphatic carbocycles. The molecule has 0 spiro atoms. The maximum atomic E-state index is 12.4. The zero-order valence-electron chi connectivity index (χ0n) is 13.8. The van der Waals surface area contributed by atoms with E-state index in [4.69, 9.17) is 4.74 Å².